The molecule has 0 heterocycles. The number of nitrogens with zero attached hydrogens (tertiary/aromatic N) is 1. The molecule has 80 valence electrons. The van der Waals surface area contributed by atoms with Gasteiger partial charge in [-0.2, -0.15) is 0 Å². The molecule has 0 aliphatic carbocycles. The van der Waals surface area contributed by atoms with E-state index in [4.69, 9.17) is 11.5 Å². The molecule has 6 heteroatoms. The average molecular weight is 240 g/mol. The molecular formula is C8H12Cl2FN3. The number of nitrogens with two attached hydrogens (primary N) is 2. The molecule has 4 N–H and O–H groups in total. The number of benzene rings is 1. The van der Waals surface area contributed by atoms with Gasteiger partial charge < -0.3 is 11.5 Å². The first-order chi connectivity index (χ1) is 5.68. The Morgan fingerprint density at radius 1 is 1.14 bits per heavy atom. The third-order valence-corrected chi connectivity index (χ3v) is 1.36. The summed E-state index contributed by atoms with van der Waals surface area (Å²) < 4.78 is 12.4. The van der Waals surface area contributed by atoms with E-state index in [2.05, 4.69) is 4.99 Å². The van der Waals surface area contributed by atoms with Crippen molar-refractivity contribution < 1.29 is 4.39 Å². The quantitative estimate of drug-likeness (QED) is 0.606. The van der Waals surface area contributed by atoms with Crippen molar-refractivity contribution in [1.82, 2.24) is 0 Å². The van der Waals surface area contributed by atoms with E-state index in [0.717, 1.165) is 5.56 Å². The van der Waals surface area contributed by atoms with Crippen molar-refractivity contribution in [2.45, 2.75) is 6.54 Å². The number of aliphatic imine (C=N–C) groups is 1. The van der Waals surface area contributed by atoms with E-state index in [1.807, 2.05) is 0 Å². The first-order valence-electron chi connectivity index (χ1n) is 3.48. The molecule has 1 aromatic carbocycles. The predicted octanol–water partition coefficient (Wildman–Crippen LogP) is 1.44. The Morgan fingerprint density at radius 2 is 1.64 bits per heavy atom. The van der Waals surface area contributed by atoms with Crippen molar-refractivity contribution in [3.05, 3.63) is 35.6 Å². The summed E-state index contributed by atoms with van der Waals surface area (Å²) in [5, 5.41) is 0. The van der Waals surface area contributed by atoms with Crippen LogP contribution in [-0.2, 0) is 6.54 Å². The van der Waals surface area contributed by atoms with E-state index in [0.29, 0.717) is 6.54 Å². The smallest absolute Gasteiger partial charge is 0.186 e. The van der Waals surface area contributed by atoms with Crippen molar-refractivity contribution in [2.24, 2.45) is 16.5 Å². The van der Waals surface area contributed by atoms with Gasteiger partial charge in [0.05, 0.1) is 6.54 Å². The Morgan fingerprint density at radius 3 is 2.07 bits per heavy atom. The molecule has 0 aliphatic rings. The minimum atomic E-state index is -0.261. The van der Waals surface area contributed by atoms with Crippen LogP contribution in [0, 0.1) is 5.82 Å². The number of rotatable bonds is 2. The molecule has 0 amide bonds. The van der Waals surface area contributed by atoms with Gasteiger partial charge in [0, 0.05) is 0 Å². The molecule has 0 radical (unpaired) electrons. The topological polar surface area (TPSA) is 64.4 Å². The van der Waals surface area contributed by atoms with Gasteiger partial charge in [-0.1, -0.05) is 12.1 Å². The first-order valence-corrected chi connectivity index (χ1v) is 3.48. The highest BCUT2D eigenvalue weighted by Gasteiger charge is 1.91. The molecule has 1 rings (SSSR count). The summed E-state index contributed by atoms with van der Waals surface area (Å²) in [5.74, 6) is -0.220. The van der Waals surface area contributed by atoms with Crippen LogP contribution in [0.25, 0.3) is 0 Å². The van der Waals surface area contributed by atoms with Crippen LogP contribution in [0.5, 0.6) is 0 Å². The van der Waals surface area contributed by atoms with Crippen LogP contribution in [0.3, 0.4) is 0 Å². The minimum Gasteiger partial charge on any atom is -0.370 e. The molecule has 0 aromatic heterocycles. The Balaban J connectivity index is 0. The van der Waals surface area contributed by atoms with E-state index >= 15 is 0 Å². The maximum absolute atomic E-state index is 12.4. The van der Waals surface area contributed by atoms with Gasteiger partial charge in [0.1, 0.15) is 5.82 Å². The van der Waals surface area contributed by atoms with E-state index in [9.17, 15) is 4.39 Å². The van der Waals surface area contributed by atoms with Crippen LogP contribution in [-0.4, -0.2) is 5.96 Å². The molecule has 1 aromatic rings. The second-order valence-corrected chi connectivity index (χ2v) is 2.37. The highest BCUT2D eigenvalue weighted by atomic mass is 35.5. The number of halogens is 3. The van der Waals surface area contributed by atoms with Gasteiger partial charge in [-0.25, -0.2) is 9.38 Å². The highest BCUT2D eigenvalue weighted by Crippen LogP contribution is 2.03. The summed E-state index contributed by atoms with van der Waals surface area (Å²) in [5.41, 5.74) is 11.1. The average Bonchev–Trinajstić information content (AvgIpc) is 2.03. The van der Waals surface area contributed by atoms with Crippen molar-refractivity contribution in [3.8, 4) is 0 Å². The molecule has 0 saturated carbocycles. The third-order valence-electron chi connectivity index (χ3n) is 1.36. The van der Waals surface area contributed by atoms with Gasteiger partial charge in [-0.3, -0.25) is 0 Å². The molecule has 0 unspecified atom stereocenters. The Bertz CT molecular complexity index is 283. The summed E-state index contributed by atoms with van der Waals surface area (Å²) in [6.07, 6.45) is 0. The largest absolute Gasteiger partial charge is 0.370 e. The first kappa shape index (κ1) is 15.5. The maximum Gasteiger partial charge on any atom is 0.186 e. The summed E-state index contributed by atoms with van der Waals surface area (Å²) in [4.78, 5) is 3.77. The Labute approximate surface area is 94.2 Å². The summed E-state index contributed by atoms with van der Waals surface area (Å²) in [6, 6.07) is 6.03. The molecule has 0 bridgehead atoms. The van der Waals surface area contributed by atoms with Crippen molar-refractivity contribution in [1.29, 1.82) is 0 Å². The van der Waals surface area contributed by atoms with Gasteiger partial charge in [-0.05, 0) is 17.7 Å². The van der Waals surface area contributed by atoms with Crippen molar-refractivity contribution in [3.63, 3.8) is 0 Å². The van der Waals surface area contributed by atoms with E-state index in [1.54, 1.807) is 12.1 Å². The molecular weight excluding hydrogens is 228 g/mol. The van der Waals surface area contributed by atoms with Crippen LogP contribution in [0.15, 0.2) is 29.3 Å². The fraction of sp³-hybridized carbons (Fsp3) is 0.125. The van der Waals surface area contributed by atoms with Crippen LogP contribution in [0.2, 0.25) is 0 Å². The fourth-order valence-electron chi connectivity index (χ4n) is 0.772. The summed E-state index contributed by atoms with van der Waals surface area (Å²) in [6.45, 7) is 0.391. The van der Waals surface area contributed by atoms with E-state index in [1.165, 1.54) is 12.1 Å². The predicted molar refractivity (Wildman–Crippen MR) is 60.4 cm³/mol. The van der Waals surface area contributed by atoms with Gasteiger partial charge in [0.15, 0.2) is 5.96 Å². The van der Waals surface area contributed by atoms with Crippen LogP contribution in [0.4, 0.5) is 4.39 Å². The zero-order valence-corrected chi connectivity index (χ0v) is 8.95. The van der Waals surface area contributed by atoms with E-state index < -0.39 is 0 Å². The lowest BCUT2D eigenvalue weighted by molar-refractivity contribution is 0.627. The Kier molecular flexibility index (Phi) is 8.19. The van der Waals surface area contributed by atoms with Crippen LogP contribution in [0.1, 0.15) is 5.56 Å². The van der Waals surface area contributed by atoms with Gasteiger partial charge in [0.25, 0.3) is 0 Å². The zero-order chi connectivity index (χ0) is 8.97. The van der Waals surface area contributed by atoms with Crippen molar-refractivity contribution in [2.75, 3.05) is 0 Å². The molecule has 0 saturated heterocycles. The minimum absolute atomic E-state index is 0. The summed E-state index contributed by atoms with van der Waals surface area (Å²) in [7, 11) is 0. The maximum atomic E-state index is 12.4. The van der Waals surface area contributed by atoms with Gasteiger partial charge in [0.2, 0.25) is 0 Å². The number of hydrogen-bond donors (Lipinski definition) is 2. The summed E-state index contributed by atoms with van der Waals surface area (Å²) >= 11 is 0. The van der Waals surface area contributed by atoms with Gasteiger partial charge in [-0.15, -0.1) is 24.8 Å². The second-order valence-electron chi connectivity index (χ2n) is 2.37. The standard InChI is InChI=1S/C8H10FN3.2ClH/c9-7-3-1-6(2-4-7)5-12-8(10)11;;/h1-4H,5H2,(H4,10,11,12);2*1H. The fourth-order valence-corrected chi connectivity index (χ4v) is 0.772. The molecule has 0 aliphatic heterocycles. The second kappa shape index (κ2) is 7.41. The monoisotopic (exact) mass is 239 g/mol. The SMILES string of the molecule is Cl.Cl.NC(N)=NCc1ccc(F)cc1. The lowest BCUT2D eigenvalue weighted by Gasteiger charge is -1.95. The normalized spacial score (nSPS) is 8.07. The molecule has 0 fully saturated rings. The lowest BCUT2D eigenvalue weighted by atomic mass is 10.2. The molecule has 3 nitrogen and oxygen atoms in total. The molecule has 0 spiro atoms. The highest BCUT2D eigenvalue weighted by molar-refractivity contribution is 5.85. The number of hydrogen-bond acceptors (Lipinski definition) is 1. The lowest BCUT2D eigenvalue weighted by Crippen LogP contribution is -2.22. The Hall–Kier alpha value is -1.00. The van der Waals surface area contributed by atoms with Gasteiger partial charge >= 0.3 is 0 Å². The zero-order valence-electron chi connectivity index (χ0n) is 7.31. The molecule has 14 heavy (non-hydrogen) atoms. The molecule has 0 atom stereocenters. The number of guanidine groups is 1. The van der Waals surface area contributed by atoms with Crippen molar-refractivity contribution >= 4 is 30.8 Å². The third kappa shape index (κ3) is 5.61. The van der Waals surface area contributed by atoms with Crippen LogP contribution < -0.4 is 11.5 Å². The van der Waals surface area contributed by atoms with Crippen LogP contribution >= 0.6 is 24.8 Å². The van der Waals surface area contributed by atoms with E-state index in [-0.39, 0.29) is 36.6 Å².